The Kier molecular flexibility index (Phi) is 8.37. The number of hydrogen-bond donors (Lipinski definition) is 3. The van der Waals surface area contributed by atoms with E-state index in [-0.39, 0.29) is 5.76 Å². The minimum absolute atomic E-state index is 0.120. The summed E-state index contributed by atoms with van der Waals surface area (Å²) in [6.45, 7) is 9.41. The predicted octanol–water partition coefficient (Wildman–Crippen LogP) is 5.03. The third kappa shape index (κ3) is 6.46. The third-order valence-electron chi connectivity index (χ3n) is 7.43. The zero-order valence-corrected chi connectivity index (χ0v) is 23.1. The number of benzene rings is 2. The molecule has 0 unspecified atom stereocenters. The van der Waals surface area contributed by atoms with Crippen LogP contribution in [0.5, 0.6) is 0 Å². The van der Waals surface area contributed by atoms with Gasteiger partial charge in [0, 0.05) is 60.9 Å². The molecular formula is C31H36N6O3. The molecule has 2 aromatic carbocycles. The van der Waals surface area contributed by atoms with Crippen molar-refractivity contribution in [2.45, 2.75) is 33.1 Å². The number of hydrogen-bond acceptors (Lipinski definition) is 6. The van der Waals surface area contributed by atoms with Gasteiger partial charge in [-0.3, -0.25) is 15.0 Å². The Balaban J connectivity index is 1.08. The summed E-state index contributed by atoms with van der Waals surface area (Å²) in [7, 11) is 0. The number of carbonyl (C=O) groups is 2. The van der Waals surface area contributed by atoms with E-state index in [4.69, 9.17) is 4.42 Å². The van der Waals surface area contributed by atoms with Crippen molar-refractivity contribution >= 4 is 39.5 Å². The normalized spacial score (nSPS) is 14.1. The van der Waals surface area contributed by atoms with Gasteiger partial charge >= 0.3 is 6.03 Å². The maximum absolute atomic E-state index is 12.5. The minimum atomic E-state index is -0.552. The fourth-order valence-corrected chi connectivity index (χ4v) is 5.18. The summed E-state index contributed by atoms with van der Waals surface area (Å²) in [6.07, 6.45) is 5.31. The molecule has 3 heterocycles. The molecule has 208 valence electrons. The molecule has 0 saturated carbocycles. The summed E-state index contributed by atoms with van der Waals surface area (Å²) in [5, 5.41) is 16.2. The molecule has 40 heavy (non-hydrogen) atoms. The number of urea groups is 1. The molecule has 1 aliphatic rings. The summed E-state index contributed by atoms with van der Waals surface area (Å²) in [4.78, 5) is 32.6. The van der Waals surface area contributed by atoms with Crippen LogP contribution >= 0.6 is 0 Å². The van der Waals surface area contributed by atoms with Crippen LogP contribution in [0.3, 0.4) is 0 Å². The number of rotatable bonds is 9. The number of carbonyl (C=O) groups excluding carboxylic acids is 2. The number of nitriles is 1. The Morgan fingerprint density at radius 3 is 2.67 bits per heavy atom. The molecule has 3 N–H and O–H groups in total. The van der Waals surface area contributed by atoms with Crippen LogP contribution < -0.4 is 15.5 Å². The van der Waals surface area contributed by atoms with Gasteiger partial charge in [-0.25, -0.2) is 4.79 Å². The highest BCUT2D eigenvalue weighted by Crippen LogP contribution is 2.26. The highest BCUT2D eigenvalue weighted by Gasteiger charge is 2.19. The predicted molar refractivity (Wildman–Crippen MR) is 157 cm³/mol. The number of H-pyrrole nitrogens is 1. The molecule has 0 spiro atoms. The maximum atomic E-state index is 12.5. The van der Waals surface area contributed by atoms with Gasteiger partial charge in [-0.05, 0) is 79.8 Å². The largest absolute Gasteiger partial charge is 0.451 e. The average Bonchev–Trinajstić information content (AvgIpc) is 3.58. The molecule has 1 saturated heterocycles. The van der Waals surface area contributed by atoms with Crippen LogP contribution in [-0.4, -0.2) is 61.1 Å². The Bertz CT molecular complexity index is 1540. The molecule has 0 atom stereocenters. The van der Waals surface area contributed by atoms with E-state index in [1.807, 2.05) is 50.2 Å². The summed E-state index contributed by atoms with van der Waals surface area (Å²) in [5.41, 5.74) is 4.79. The molecule has 0 aliphatic carbocycles. The van der Waals surface area contributed by atoms with Crippen LogP contribution in [0, 0.1) is 17.2 Å². The van der Waals surface area contributed by atoms with E-state index in [1.165, 1.54) is 5.56 Å². The first-order valence-corrected chi connectivity index (χ1v) is 14.0. The number of unbranched alkanes of at least 4 members (excludes halogenated alkanes) is 1. The molecule has 5 rings (SSSR count). The van der Waals surface area contributed by atoms with Gasteiger partial charge in [0.15, 0.2) is 5.76 Å². The fraction of sp³-hybridized carbons (Fsp3) is 0.387. The third-order valence-corrected chi connectivity index (χ3v) is 7.43. The molecule has 9 nitrogen and oxygen atoms in total. The molecule has 2 aromatic heterocycles. The van der Waals surface area contributed by atoms with Crippen LogP contribution in [0.1, 0.15) is 48.4 Å². The SMILES string of the molecule is CC(C)CNC(=O)NC(=O)c1cc2cc(N3CCN(CCCCc4c[nH]c5ccc(C#N)cc45)CC3)ccc2o1. The Hall–Kier alpha value is -4.29. The number of piperazine rings is 1. The van der Waals surface area contributed by atoms with Gasteiger partial charge in [-0.1, -0.05) is 13.8 Å². The first kappa shape index (κ1) is 27.3. The van der Waals surface area contributed by atoms with Crippen molar-refractivity contribution in [1.82, 2.24) is 20.5 Å². The molecular weight excluding hydrogens is 504 g/mol. The Morgan fingerprint density at radius 1 is 1.07 bits per heavy atom. The summed E-state index contributed by atoms with van der Waals surface area (Å²) in [5.74, 6) is -0.136. The number of nitrogens with one attached hydrogen (secondary N) is 3. The van der Waals surface area contributed by atoms with Crippen LogP contribution in [0.25, 0.3) is 21.9 Å². The van der Waals surface area contributed by atoms with Gasteiger partial charge in [0.2, 0.25) is 0 Å². The van der Waals surface area contributed by atoms with Crippen LogP contribution in [-0.2, 0) is 6.42 Å². The number of aromatic nitrogens is 1. The van der Waals surface area contributed by atoms with E-state index < -0.39 is 11.9 Å². The fourth-order valence-electron chi connectivity index (χ4n) is 5.18. The van der Waals surface area contributed by atoms with E-state index in [0.717, 1.165) is 74.0 Å². The topological polar surface area (TPSA) is 117 Å². The number of nitrogens with zero attached hydrogens (tertiary/aromatic N) is 3. The van der Waals surface area contributed by atoms with Crippen molar-refractivity contribution in [1.29, 1.82) is 5.26 Å². The standard InChI is InChI=1S/C31H36N6O3/c1-21(2)19-34-31(39)35-30(38)29-17-24-16-25(7-9-28(24)40-29)37-13-11-36(12-14-37)10-4-3-5-23-20-33-27-8-6-22(18-32)15-26(23)27/h6-9,15-17,20-21,33H,3-5,10-14,19H2,1-2H3,(H2,34,35,38,39). The lowest BCUT2D eigenvalue weighted by atomic mass is 10.1. The Labute approximate surface area is 234 Å². The average molecular weight is 541 g/mol. The van der Waals surface area contributed by atoms with Crippen molar-refractivity contribution in [3.63, 3.8) is 0 Å². The monoisotopic (exact) mass is 540 g/mol. The Morgan fingerprint density at radius 2 is 1.90 bits per heavy atom. The number of furan rings is 1. The molecule has 1 aliphatic heterocycles. The molecule has 1 fully saturated rings. The summed E-state index contributed by atoms with van der Waals surface area (Å²) < 4.78 is 5.70. The number of fused-ring (bicyclic) bond motifs is 2. The second-order valence-corrected chi connectivity index (χ2v) is 10.9. The lowest BCUT2D eigenvalue weighted by Gasteiger charge is -2.36. The molecule has 0 radical (unpaired) electrons. The van der Waals surface area contributed by atoms with Crippen molar-refractivity contribution in [2.75, 3.05) is 44.2 Å². The molecule has 4 aromatic rings. The van der Waals surface area contributed by atoms with Crippen molar-refractivity contribution < 1.29 is 14.0 Å². The van der Waals surface area contributed by atoms with E-state index >= 15 is 0 Å². The zero-order chi connectivity index (χ0) is 28.1. The second-order valence-electron chi connectivity index (χ2n) is 10.9. The maximum Gasteiger partial charge on any atom is 0.321 e. The minimum Gasteiger partial charge on any atom is -0.451 e. The van der Waals surface area contributed by atoms with Gasteiger partial charge in [0.05, 0.1) is 11.6 Å². The lowest BCUT2D eigenvalue weighted by molar-refractivity contribution is 0.0938. The number of imide groups is 1. The van der Waals surface area contributed by atoms with E-state index in [1.54, 1.807) is 6.07 Å². The van der Waals surface area contributed by atoms with Gasteiger partial charge in [0.1, 0.15) is 5.58 Å². The van der Waals surface area contributed by atoms with Gasteiger partial charge in [0.25, 0.3) is 5.91 Å². The molecule has 9 heteroatoms. The van der Waals surface area contributed by atoms with Crippen LogP contribution in [0.4, 0.5) is 10.5 Å². The second kappa shape index (κ2) is 12.3. The lowest BCUT2D eigenvalue weighted by Crippen LogP contribution is -2.46. The van der Waals surface area contributed by atoms with Crippen molar-refractivity contribution in [3.05, 3.63) is 65.5 Å². The van der Waals surface area contributed by atoms with E-state index in [2.05, 4.69) is 37.7 Å². The van der Waals surface area contributed by atoms with Crippen molar-refractivity contribution in [3.8, 4) is 6.07 Å². The van der Waals surface area contributed by atoms with Gasteiger partial charge < -0.3 is 19.6 Å². The van der Waals surface area contributed by atoms with Crippen LogP contribution in [0.2, 0.25) is 0 Å². The highest BCUT2D eigenvalue weighted by molar-refractivity contribution is 6.04. The molecule has 0 bridgehead atoms. The summed E-state index contributed by atoms with van der Waals surface area (Å²) >= 11 is 0. The first-order chi connectivity index (χ1) is 19.4. The number of aryl methyl sites for hydroxylation is 1. The summed E-state index contributed by atoms with van der Waals surface area (Å²) in [6, 6.07) is 15.2. The first-order valence-electron chi connectivity index (χ1n) is 14.0. The number of aromatic amines is 1. The van der Waals surface area contributed by atoms with Crippen LogP contribution in [0.15, 0.2) is 53.1 Å². The number of amides is 3. The molecule has 3 amide bonds. The van der Waals surface area contributed by atoms with E-state index in [9.17, 15) is 14.9 Å². The number of anilines is 1. The van der Waals surface area contributed by atoms with Gasteiger partial charge in [-0.2, -0.15) is 5.26 Å². The van der Waals surface area contributed by atoms with E-state index in [0.29, 0.717) is 23.6 Å². The van der Waals surface area contributed by atoms with Gasteiger partial charge in [-0.15, -0.1) is 0 Å². The van der Waals surface area contributed by atoms with Crippen molar-refractivity contribution in [2.24, 2.45) is 5.92 Å². The smallest absolute Gasteiger partial charge is 0.321 e. The highest BCUT2D eigenvalue weighted by atomic mass is 16.3. The zero-order valence-electron chi connectivity index (χ0n) is 23.1. The quantitative estimate of drug-likeness (QED) is 0.257.